The number of nitrogens with zero attached hydrogens (tertiary/aromatic N) is 2. The second kappa shape index (κ2) is 6.07. The second-order valence-electron chi connectivity index (χ2n) is 3.82. The first-order chi connectivity index (χ1) is 9.73. The molecule has 0 aliphatic carbocycles. The summed E-state index contributed by atoms with van der Waals surface area (Å²) in [7, 11) is 0. The van der Waals surface area contributed by atoms with Gasteiger partial charge in [-0.05, 0) is 41.1 Å². The quantitative estimate of drug-likeness (QED) is 0.708. The van der Waals surface area contributed by atoms with E-state index in [1.807, 2.05) is 0 Å². The lowest BCUT2D eigenvalue weighted by molar-refractivity contribution is -0.274. The Kier molecular flexibility index (Phi) is 4.58. The molecule has 0 saturated carbocycles. The molecule has 2 aromatic rings. The van der Waals surface area contributed by atoms with Gasteiger partial charge in [0.05, 0.1) is 4.47 Å². The van der Waals surface area contributed by atoms with Gasteiger partial charge in [-0.3, -0.25) is 0 Å². The molecule has 9 heteroatoms. The number of alkyl halides is 3. The molecule has 0 aliphatic rings. The van der Waals surface area contributed by atoms with E-state index in [4.69, 9.17) is 16.3 Å². The highest BCUT2D eigenvalue weighted by Gasteiger charge is 2.32. The third-order valence-corrected chi connectivity index (χ3v) is 2.95. The van der Waals surface area contributed by atoms with Crippen LogP contribution in [0.1, 0.15) is 5.82 Å². The van der Waals surface area contributed by atoms with Gasteiger partial charge in [0, 0.05) is 6.07 Å². The zero-order chi connectivity index (χ0) is 15.6. The number of rotatable bonds is 3. The number of halogens is 5. The topological polar surface area (TPSA) is 44.2 Å². The molecule has 0 radical (unpaired) electrons. The summed E-state index contributed by atoms with van der Waals surface area (Å²) in [6, 6.07) is 5.16. The summed E-state index contributed by atoms with van der Waals surface area (Å²) in [5, 5.41) is 0.202. The fraction of sp³-hybridized carbons (Fsp3) is 0.167. The average Bonchev–Trinajstić information content (AvgIpc) is 2.30. The smallest absolute Gasteiger partial charge is 0.439 e. The Bertz CT molecular complexity index is 647. The van der Waals surface area contributed by atoms with Crippen LogP contribution in [0, 0.1) is 6.92 Å². The summed E-state index contributed by atoms with van der Waals surface area (Å²) in [5.74, 6) is 0.495. The van der Waals surface area contributed by atoms with Crippen LogP contribution in [-0.2, 0) is 0 Å². The van der Waals surface area contributed by atoms with Gasteiger partial charge in [-0.25, -0.2) is 4.98 Å². The van der Waals surface area contributed by atoms with Gasteiger partial charge in [-0.2, -0.15) is 4.98 Å². The zero-order valence-corrected chi connectivity index (χ0v) is 12.8. The van der Waals surface area contributed by atoms with Crippen LogP contribution in [0.3, 0.4) is 0 Å². The average molecular weight is 384 g/mol. The van der Waals surface area contributed by atoms with Crippen molar-refractivity contribution in [2.45, 2.75) is 13.3 Å². The predicted molar refractivity (Wildman–Crippen MR) is 72.7 cm³/mol. The van der Waals surface area contributed by atoms with Crippen molar-refractivity contribution in [2.75, 3.05) is 0 Å². The first-order valence-corrected chi connectivity index (χ1v) is 6.64. The van der Waals surface area contributed by atoms with E-state index in [2.05, 4.69) is 30.6 Å². The first-order valence-electron chi connectivity index (χ1n) is 5.47. The van der Waals surface area contributed by atoms with E-state index in [-0.39, 0.29) is 27.0 Å². The van der Waals surface area contributed by atoms with Crippen LogP contribution in [-0.4, -0.2) is 16.3 Å². The predicted octanol–water partition coefficient (Wildman–Crippen LogP) is 4.89. The first kappa shape index (κ1) is 15.8. The van der Waals surface area contributed by atoms with E-state index >= 15 is 0 Å². The van der Waals surface area contributed by atoms with Crippen molar-refractivity contribution < 1.29 is 22.6 Å². The number of ether oxygens (including phenoxy) is 2. The number of benzene rings is 1. The van der Waals surface area contributed by atoms with E-state index in [1.165, 1.54) is 18.2 Å². The minimum absolute atomic E-state index is 0.0919. The van der Waals surface area contributed by atoms with Crippen molar-refractivity contribution in [3.63, 3.8) is 0 Å². The molecule has 1 aromatic carbocycles. The lowest BCUT2D eigenvalue weighted by Gasteiger charge is -2.12. The van der Waals surface area contributed by atoms with Crippen molar-refractivity contribution >= 4 is 27.5 Å². The number of hydrogen-bond donors (Lipinski definition) is 0. The molecule has 0 fully saturated rings. The SMILES string of the molecule is Cc1nc(Cl)cc(Oc2ccc(OC(F)(F)F)c(Br)c2)n1. The van der Waals surface area contributed by atoms with Crippen LogP contribution in [0.15, 0.2) is 28.7 Å². The van der Waals surface area contributed by atoms with E-state index in [0.717, 1.165) is 6.07 Å². The molecular formula is C12H7BrClF3N2O2. The molecule has 0 bridgehead atoms. The van der Waals surface area contributed by atoms with Gasteiger partial charge < -0.3 is 9.47 Å². The molecule has 0 aliphatic heterocycles. The van der Waals surface area contributed by atoms with E-state index in [0.29, 0.717) is 5.82 Å². The Morgan fingerprint density at radius 2 is 1.90 bits per heavy atom. The van der Waals surface area contributed by atoms with Gasteiger partial charge in [-0.1, -0.05) is 11.6 Å². The molecule has 1 heterocycles. The molecule has 4 nitrogen and oxygen atoms in total. The molecule has 1 aromatic heterocycles. The zero-order valence-electron chi connectivity index (χ0n) is 10.4. The molecule has 0 saturated heterocycles. The minimum atomic E-state index is -4.76. The molecule has 112 valence electrons. The molecule has 0 spiro atoms. The summed E-state index contributed by atoms with van der Waals surface area (Å²) in [6.45, 7) is 1.63. The molecular weight excluding hydrogens is 376 g/mol. The minimum Gasteiger partial charge on any atom is -0.439 e. The maximum atomic E-state index is 12.2. The van der Waals surface area contributed by atoms with E-state index in [1.54, 1.807) is 6.92 Å². The standard InChI is InChI=1S/C12H7BrClF3N2O2/c1-6-18-10(14)5-11(19-6)20-7-2-3-9(8(13)4-7)21-12(15,16)17/h2-5H,1H3. The maximum Gasteiger partial charge on any atom is 0.573 e. The van der Waals surface area contributed by atoms with Gasteiger partial charge in [-0.15, -0.1) is 13.2 Å². The molecule has 0 atom stereocenters. The van der Waals surface area contributed by atoms with Gasteiger partial charge in [0.25, 0.3) is 0 Å². The summed E-state index contributed by atoms with van der Waals surface area (Å²) in [6.07, 6.45) is -4.76. The second-order valence-corrected chi connectivity index (χ2v) is 5.06. The highest BCUT2D eigenvalue weighted by Crippen LogP contribution is 2.34. The highest BCUT2D eigenvalue weighted by atomic mass is 79.9. The Hall–Kier alpha value is -1.54. The van der Waals surface area contributed by atoms with Crippen LogP contribution in [0.5, 0.6) is 17.4 Å². The third kappa shape index (κ3) is 4.75. The number of hydrogen-bond acceptors (Lipinski definition) is 4. The third-order valence-electron chi connectivity index (χ3n) is 2.13. The Morgan fingerprint density at radius 3 is 2.48 bits per heavy atom. The van der Waals surface area contributed by atoms with E-state index in [9.17, 15) is 13.2 Å². The Balaban J connectivity index is 2.20. The molecule has 21 heavy (non-hydrogen) atoms. The fourth-order valence-corrected chi connectivity index (χ4v) is 2.09. The Morgan fingerprint density at radius 1 is 1.19 bits per heavy atom. The van der Waals surface area contributed by atoms with Crippen molar-refractivity contribution in [1.82, 2.24) is 9.97 Å². The normalized spacial score (nSPS) is 11.3. The van der Waals surface area contributed by atoms with Gasteiger partial charge >= 0.3 is 6.36 Å². The lowest BCUT2D eigenvalue weighted by atomic mass is 10.3. The van der Waals surface area contributed by atoms with Crippen LogP contribution in [0.2, 0.25) is 5.15 Å². The number of aryl methyl sites for hydroxylation is 1. The molecule has 0 amide bonds. The van der Waals surface area contributed by atoms with Crippen LogP contribution in [0.25, 0.3) is 0 Å². The molecule has 0 unspecified atom stereocenters. The van der Waals surface area contributed by atoms with Crippen molar-refractivity contribution in [1.29, 1.82) is 0 Å². The lowest BCUT2D eigenvalue weighted by Crippen LogP contribution is -2.17. The van der Waals surface area contributed by atoms with Crippen molar-refractivity contribution in [3.8, 4) is 17.4 Å². The van der Waals surface area contributed by atoms with Crippen LogP contribution in [0.4, 0.5) is 13.2 Å². The molecule has 2 rings (SSSR count). The van der Waals surface area contributed by atoms with E-state index < -0.39 is 6.36 Å². The summed E-state index contributed by atoms with van der Waals surface area (Å²) in [5.41, 5.74) is 0. The van der Waals surface area contributed by atoms with Gasteiger partial charge in [0.2, 0.25) is 5.88 Å². The fourth-order valence-electron chi connectivity index (χ4n) is 1.43. The maximum absolute atomic E-state index is 12.2. The van der Waals surface area contributed by atoms with Crippen molar-refractivity contribution in [3.05, 3.63) is 39.7 Å². The van der Waals surface area contributed by atoms with Crippen LogP contribution < -0.4 is 9.47 Å². The number of aromatic nitrogens is 2. The monoisotopic (exact) mass is 382 g/mol. The van der Waals surface area contributed by atoms with Gasteiger partial charge in [0.1, 0.15) is 22.5 Å². The summed E-state index contributed by atoms with van der Waals surface area (Å²) < 4.78 is 45.8. The Labute approximate surface area is 131 Å². The largest absolute Gasteiger partial charge is 0.573 e. The van der Waals surface area contributed by atoms with Gasteiger partial charge in [0.15, 0.2) is 0 Å². The summed E-state index contributed by atoms with van der Waals surface area (Å²) >= 11 is 8.74. The van der Waals surface area contributed by atoms with Crippen LogP contribution >= 0.6 is 27.5 Å². The van der Waals surface area contributed by atoms with Crippen molar-refractivity contribution in [2.24, 2.45) is 0 Å². The summed E-state index contributed by atoms with van der Waals surface area (Å²) in [4.78, 5) is 7.86. The highest BCUT2D eigenvalue weighted by molar-refractivity contribution is 9.10. The molecule has 0 N–H and O–H groups in total.